The summed E-state index contributed by atoms with van der Waals surface area (Å²) in [4.78, 5) is 12.0. The van der Waals surface area contributed by atoms with Gasteiger partial charge in [0, 0.05) is 5.33 Å². The van der Waals surface area contributed by atoms with Crippen molar-refractivity contribution in [3.63, 3.8) is 0 Å². The Bertz CT molecular complexity index is 390. The van der Waals surface area contributed by atoms with Crippen molar-refractivity contribution in [2.75, 3.05) is 5.33 Å². The molecule has 1 aliphatic rings. The zero-order chi connectivity index (χ0) is 12.1. The fraction of sp³-hybridized carbons (Fsp3) is 0.500. The largest absolute Gasteiger partial charge is 0.458 e. The standard InChI is InChI=1S/C14H17BrO2/c15-10-12-8-3-1-2-6-11-7-4-5-9-13(11)14(16)17-12/h4-5,7,9,12H,1-3,6,8,10H2. The van der Waals surface area contributed by atoms with Crippen LogP contribution in [0.15, 0.2) is 24.3 Å². The lowest BCUT2D eigenvalue weighted by Crippen LogP contribution is -2.21. The van der Waals surface area contributed by atoms with Crippen molar-refractivity contribution in [2.24, 2.45) is 0 Å². The van der Waals surface area contributed by atoms with Crippen molar-refractivity contribution in [3.05, 3.63) is 35.4 Å². The van der Waals surface area contributed by atoms with E-state index >= 15 is 0 Å². The Labute approximate surface area is 110 Å². The van der Waals surface area contributed by atoms with Crippen LogP contribution in [0.1, 0.15) is 41.6 Å². The highest BCUT2D eigenvalue weighted by Crippen LogP contribution is 2.19. The monoisotopic (exact) mass is 296 g/mol. The third-order valence-corrected chi connectivity index (χ3v) is 3.88. The van der Waals surface area contributed by atoms with Gasteiger partial charge in [-0.1, -0.05) is 40.5 Å². The smallest absolute Gasteiger partial charge is 0.338 e. The molecule has 0 bridgehead atoms. The molecule has 17 heavy (non-hydrogen) atoms. The number of carbonyl (C=O) groups excluding carboxylic acids is 1. The van der Waals surface area contributed by atoms with Crippen molar-refractivity contribution in [3.8, 4) is 0 Å². The van der Waals surface area contributed by atoms with E-state index in [9.17, 15) is 4.79 Å². The van der Waals surface area contributed by atoms with Gasteiger partial charge in [0.05, 0.1) is 5.56 Å². The van der Waals surface area contributed by atoms with E-state index in [2.05, 4.69) is 15.9 Å². The molecule has 2 nitrogen and oxygen atoms in total. The number of halogens is 1. The lowest BCUT2D eigenvalue weighted by Gasteiger charge is -2.18. The average molecular weight is 297 g/mol. The Kier molecular flexibility index (Phi) is 4.60. The first-order valence-corrected chi connectivity index (χ1v) is 7.28. The van der Waals surface area contributed by atoms with Gasteiger partial charge in [-0.25, -0.2) is 4.79 Å². The summed E-state index contributed by atoms with van der Waals surface area (Å²) in [6, 6.07) is 7.78. The first-order chi connectivity index (χ1) is 8.31. The van der Waals surface area contributed by atoms with Crippen molar-refractivity contribution >= 4 is 21.9 Å². The minimum absolute atomic E-state index is 0.00801. The van der Waals surface area contributed by atoms with E-state index in [0.29, 0.717) is 0 Å². The summed E-state index contributed by atoms with van der Waals surface area (Å²) in [5.41, 5.74) is 1.85. The second kappa shape index (κ2) is 6.20. The SMILES string of the molecule is O=C1OC(CBr)CCCCCc2ccccc21. The van der Waals surface area contributed by atoms with Gasteiger partial charge in [-0.3, -0.25) is 0 Å². The van der Waals surface area contributed by atoms with Crippen molar-refractivity contribution in [2.45, 2.75) is 38.2 Å². The summed E-state index contributed by atoms with van der Waals surface area (Å²) >= 11 is 3.41. The molecule has 0 N–H and O–H groups in total. The Morgan fingerprint density at radius 3 is 2.88 bits per heavy atom. The van der Waals surface area contributed by atoms with Gasteiger partial charge in [0.2, 0.25) is 0 Å². The Morgan fingerprint density at radius 2 is 2.06 bits per heavy atom. The molecule has 0 aromatic heterocycles. The van der Waals surface area contributed by atoms with Crippen LogP contribution in [-0.4, -0.2) is 17.4 Å². The number of ether oxygens (including phenoxy) is 1. The highest BCUT2D eigenvalue weighted by molar-refractivity contribution is 9.09. The van der Waals surface area contributed by atoms with Crippen LogP contribution < -0.4 is 0 Å². The lowest BCUT2D eigenvalue weighted by atomic mass is 9.99. The quantitative estimate of drug-likeness (QED) is 0.583. The van der Waals surface area contributed by atoms with Gasteiger partial charge in [0.25, 0.3) is 0 Å². The fourth-order valence-electron chi connectivity index (χ4n) is 2.18. The maximum absolute atomic E-state index is 12.0. The molecule has 0 saturated carbocycles. The van der Waals surface area contributed by atoms with Crippen LogP contribution in [0.3, 0.4) is 0 Å². The number of esters is 1. The van der Waals surface area contributed by atoms with Crippen LogP contribution in [0.2, 0.25) is 0 Å². The summed E-state index contributed by atoms with van der Waals surface area (Å²) in [6.07, 6.45) is 5.43. The minimum atomic E-state index is -0.174. The summed E-state index contributed by atoms with van der Waals surface area (Å²) in [5.74, 6) is -0.174. The Balaban J connectivity index is 2.23. The molecule has 0 saturated heterocycles. The summed E-state index contributed by atoms with van der Waals surface area (Å²) in [5, 5.41) is 0.723. The molecule has 1 aromatic rings. The number of alkyl halides is 1. The number of aryl methyl sites for hydroxylation is 1. The van der Waals surface area contributed by atoms with Gasteiger partial charge in [0.15, 0.2) is 0 Å². The third-order valence-electron chi connectivity index (χ3n) is 3.16. The first kappa shape index (κ1) is 12.6. The van der Waals surface area contributed by atoms with E-state index in [-0.39, 0.29) is 12.1 Å². The molecule has 1 aliphatic heterocycles. The van der Waals surface area contributed by atoms with E-state index in [0.717, 1.165) is 42.1 Å². The van der Waals surface area contributed by atoms with E-state index in [1.807, 2.05) is 24.3 Å². The Hall–Kier alpha value is -0.830. The average Bonchev–Trinajstić information content (AvgIpc) is 2.37. The van der Waals surface area contributed by atoms with Crippen LogP contribution in [0.25, 0.3) is 0 Å². The van der Waals surface area contributed by atoms with Crippen LogP contribution in [0, 0.1) is 0 Å². The summed E-state index contributed by atoms with van der Waals surface area (Å²) in [6.45, 7) is 0. The molecule has 0 spiro atoms. The number of benzene rings is 1. The van der Waals surface area contributed by atoms with Crippen LogP contribution in [0.4, 0.5) is 0 Å². The highest BCUT2D eigenvalue weighted by atomic mass is 79.9. The predicted octanol–water partition coefficient (Wildman–Crippen LogP) is 3.72. The maximum Gasteiger partial charge on any atom is 0.338 e. The van der Waals surface area contributed by atoms with Gasteiger partial charge >= 0.3 is 5.97 Å². The molecule has 1 aromatic carbocycles. The number of fused-ring (bicyclic) bond motifs is 1. The molecule has 1 unspecified atom stereocenters. The third kappa shape index (κ3) is 3.32. The van der Waals surface area contributed by atoms with Crippen molar-refractivity contribution in [1.82, 2.24) is 0 Å². The topological polar surface area (TPSA) is 26.3 Å². The second-order valence-electron chi connectivity index (χ2n) is 4.44. The normalized spacial score (nSPS) is 21.5. The molecule has 3 heteroatoms. The molecule has 0 aliphatic carbocycles. The Morgan fingerprint density at radius 1 is 1.24 bits per heavy atom. The molecule has 0 radical (unpaired) electrons. The van der Waals surface area contributed by atoms with Crippen LogP contribution >= 0.6 is 15.9 Å². The fourth-order valence-corrected chi connectivity index (χ4v) is 2.64. The van der Waals surface area contributed by atoms with Gasteiger partial charge < -0.3 is 4.74 Å². The minimum Gasteiger partial charge on any atom is -0.458 e. The molecule has 1 atom stereocenters. The molecular formula is C14H17BrO2. The van der Waals surface area contributed by atoms with Gasteiger partial charge in [0.1, 0.15) is 6.10 Å². The number of cyclic esters (lactones) is 1. The van der Waals surface area contributed by atoms with Gasteiger partial charge in [-0.15, -0.1) is 0 Å². The predicted molar refractivity (Wildman–Crippen MR) is 71.6 cm³/mol. The molecule has 0 fully saturated rings. The summed E-state index contributed by atoms with van der Waals surface area (Å²) in [7, 11) is 0. The zero-order valence-corrected chi connectivity index (χ0v) is 11.4. The first-order valence-electron chi connectivity index (χ1n) is 6.16. The summed E-state index contributed by atoms with van der Waals surface area (Å²) < 4.78 is 5.52. The number of rotatable bonds is 1. The van der Waals surface area contributed by atoms with Gasteiger partial charge in [-0.05, 0) is 37.3 Å². The van der Waals surface area contributed by atoms with Crippen molar-refractivity contribution < 1.29 is 9.53 Å². The van der Waals surface area contributed by atoms with E-state index in [1.165, 1.54) is 6.42 Å². The molecule has 0 amide bonds. The van der Waals surface area contributed by atoms with E-state index in [1.54, 1.807) is 0 Å². The van der Waals surface area contributed by atoms with E-state index in [4.69, 9.17) is 4.74 Å². The zero-order valence-electron chi connectivity index (χ0n) is 9.82. The molecule has 1 heterocycles. The molecule has 2 rings (SSSR count). The highest BCUT2D eigenvalue weighted by Gasteiger charge is 2.18. The number of carbonyl (C=O) groups is 1. The lowest BCUT2D eigenvalue weighted by molar-refractivity contribution is 0.0328. The van der Waals surface area contributed by atoms with Gasteiger partial charge in [-0.2, -0.15) is 0 Å². The second-order valence-corrected chi connectivity index (χ2v) is 5.09. The number of hydrogen-bond donors (Lipinski definition) is 0. The molecule has 92 valence electrons. The number of hydrogen-bond acceptors (Lipinski definition) is 2. The molecular weight excluding hydrogens is 280 g/mol. The van der Waals surface area contributed by atoms with Crippen LogP contribution in [-0.2, 0) is 11.2 Å². The van der Waals surface area contributed by atoms with E-state index < -0.39 is 0 Å². The maximum atomic E-state index is 12.0. The van der Waals surface area contributed by atoms with Crippen molar-refractivity contribution in [1.29, 1.82) is 0 Å². The van der Waals surface area contributed by atoms with Crippen LogP contribution in [0.5, 0.6) is 0 Å².